The van der Waals surface area contributed by atoms with Crippen LogP contribution in [0.15, 0.2) is 67.3 Å². The van der Waals surface area contributed by atoms with E-state index >= 15 is 0 Å². The van der Waals surface area contributed by atoms with E-state index in [-0.39, 0.29) is 32.1 Å². The topological polar surface area (TPSA) is 160 Å². The molecule has 1 saturated heterocycles. The molecule has 0 unspecified atom stereocenters. The van der Waals surface area contributed by atoms with Crippen LogP contribution in [0.1, 0.15) is 71.3 Å². The maximum absolute atomic E-state index is 14.4. The average molecular weight is 721 g/mol. The molecule has 3 aliphatic carbocycles. The summed E-state index contributed by atoms with van der Waals surface area (Å²) < 4.78 is 39.2. The second-order valence-corrected chi connectivity index (χ2v) is 17.3. The van der Waals surface area contributed by atoms with Crippen molar-refractivity contribution in [1.29, 1.82) is 0 Å². The summed E-state index contributed by atoms with van der Waals surface area (Å²) >= 11 is 0. The molecule has 13 heteroatoms. The molecule has 4 aliphatic rings. The highest BCUT2D eigenvalue weighted by Gasteiger charge is 2.62. The van der Waals surface area contributed by atoms with Crippen LogP contribution in [0, 0.1) is 11.3 Å². The maximum Gasteiger partial charge on any atom is 0.408 e. The highest BCUT2D eigenvalue weighted by Crippen LogP contribution is 2.45. The summed E-state index contributed by atoms with van der Waals surface area (Å²) in [6.07, 6.45) is 3.85. The highest BCUT2D eigenvalue weighted by molar-refractivity contribution is 7.91. The lowest BCUT2D eigenvalue weighted by Gasteiger charge is -2.36. The third-order valence-corrected chi connectivity index (χ3v) is 12.2. The zero-order chi connectivity index (χ0) is 36.6. The van der Waals surface area contributed by atoms with Crippen molar-refractivity contribution in [3.63, 3.8) is 0 Å². The number of nitrogens with zero attached hydrogens (tertiary/aromatic N) is 1. The molecule has 1 heterocycles. The third-order valence-electron chi connectivity index (χ3n) is 10.3. The lowest BCUT2D eigenvalue weighted by Crippen LogP contribution is -2.60. The van der Waals surface area contributed by atoms with Crippen molar-refractivity contribution in [2.24, 2.45) is 11.3 Å². The first-order valence-corrected chi connectivity index (χ1v) is 19.3. The fourth-order valence-corrected chi connectivity index (χ4v) is 8.04. The molecular formula is C38H48N4O8S. The Balaban J connectivity index is 1.20. The first-order valence-electron chi connectivity index (χ1n) is 17.7. The Kier molecular flexibility index (Phi) is 10.3. The van der Waals surface area contributed by atoms with E-state index in [0.717, 1.165) is 36.0 Å². The molecule has 2 aromatic carbocycles. The lowest BCUT2D eigenvalue weighted by molar-refractivity contribution is -0.143. The minimum Gasteiger partial charge on any atom is -0.446 e. The first kappa shape index (κ1) is 36.6. The number of benzene rings is 2. The van der Waals surface area contributed by atoms with E-state index in [1.165, 1.54) is 11.0 Å². The molecule has 5 atom stereocenters. The number of likely N-dealkylation sites (tertiary alicyclic amines) is 1. The SMILES string of the molecule is C=C[C@@H]1C[C@@]1(NC(=O)[C@@H]1C[C@@H](OCc2ccc(-c3ccccc3)cc2)CN1C(=O)[C@@H](NC(=O)OC1CCC1)C(C)(C)C)C(=O)NS(=O)(=O)C1CC1. The quantitative estimate of drug-likeness (QED) is 0.260. The van der Waals surface area contributed by atoms with Gasteiger partial charge in [-0.15, -0.1) is 6.58 Å². The number of hydrogen-bond acceptors (Lipinski definition) is 8. The molecule has 3 N–H and O–H groups in total. The van der Waals surface area contributed by atoms with Gasteiger partial charge in [-0.3, -0.25) is 19.1 Å². The normalized spacial score (nSPS) is 25.2. The van der Waals surface area contributed by atoms with Gasteiger partial charge >= 0.3 is 6.09 Å². The Morgan fingerprint density at radius 3 is 2.22 bits per heavy atom. The summed E-state index contributed by atoms with van der Waals surface area (Å²) in [7, 11) is -3.87. The minimum atomic E-state index is -3.87. The van der Waals surface area contributed by atoms with Crippen LogP contribution in [0.3, 0.4) is 0 Å². The summed E-state index contributed by atoms with van der Waals surface area (Å²) in [4.78, 5) is 56.2. The second kappa shape index (κ2) is 14.4. The Hall–Kier alpha value is -4.23. The lowest BCUT2D eigenvalue weighted by atomic mass is 9.85. The van der Waals surface area contributed by atoms with E-state index in [1.807, 2.05) is 75.4 Å². The zero-order valence-electron chi connectivity index (χ0n) is 29.4. The van der Waals surface area contributed by atoms with Crippen molar-refractivity contribution in [1.82, 2.24) is 20.3 Å². The number of sulfonamides is 1. The zero-order valence-corrected chi connectivity index (χ0v) is 30.2. The van der Waals surface area contributed by atoms with Crippen molar-refractivity contribution >= 4 is 33.8 Å². The first-order chi connectivity index (χ1) is 24.2. The Morgan fingerprint density at radius 1 is 0.980 bits per heavy atom. The summed E-state index contributed by atoms with van der Waals surface area (Å²) in [6.45, 7) is 9.51. The number of carbonyl (C=O) groups excluding carboxylic acids is 4. The van der Waals surface area contributed by atoms with Crippen LogP contribution in [0.25, 0.3) is 11.1 Å². The van der Waals surface area contributed by atoms with Gasteiger partial charge in [0.1, 0.15) is 23.7 Å². The summed E-state index contributed by atoms with van der Waals surface area (Å²) in [5, 5.41) is 4.93. The van der Waals surface area contributed by atoms with E-state index in [9.17, 15) is 27.6 Å². The van der Waals surface area contributed by atoms with Gasteiger partial charge in [0.25, 0.3) is 5.91 Å². The molecule has 0 radical (unpaired) electrons. The molecule has 4 fully saturated rings. The van der Waals surface area contributed by atoms with E-state index in [0.29, 0.717) is 12.8 Å². The molecule has 274 valence electrons. The second-order valence-electron chi connectivity index (χ2n) is 15.3. The molecule has 0 bridgehead atoms. The minimum absolute atomic E-state index is 0.0606. The van der Waals surface area contributed by atoms with Gasteiger partial charge in [-0.25, -0.2) is 13.2 Å². The van der Waals surface area contributed by atoms with Crippen LogP contribution < -0.4 is 15.4 Å². The Morgan fingerprint density at radius 2 is 1.65 bits per heavy atom. The van der Waals surface area contributed by atoms with Crippen molar-refractivity contribution in [2.75, 3.05) is 6.54 Å². The molecule has 0 aromatic heterocycles. The van der Waals surface area contributed by atoms with E-state index < -0.39 is 74.1 Å². The monoisotopic (exact) mass is 720 g/mol. The fraction of sp³-hybridized carbons (Fsp3) is 0.526. The third kappa shape index (κ3) is 8.30. The Labute approximate surface area is 299 Å². The largest absolute Gasteiger partial charge is 0.446 e. The van der Waals surface area contributed by atoms with Crippen LogP contribution >= 0.6 is 0 Å². The molecule has 3 saturated carbocycles. The standard InChI is InChI=1S/C38H48N4O8S/c1-5-27-21-38(27,35(45)41-51(47,48)30-18-19-30)40-33(43)31-20-29(49-23-24-14-16-26(17-15-24)25-10-7-6-8-11-25)22-42(31)34(44)32(37(2,3)4)39-36(46)50-28-12-9-13-28/h5-8,10-11,14-17,27-32H,1,9,12-13,18-23H2,2-4H3,(H,39,46)(H,40,43)(H,41,45)/t27-,29-,31+,32-,38+/m1/s1. The van der Waals surface area contributed by atoms with Crippen LogP contribution in [-0.2, 0) is 40.5 Å². The molecule has 12 nitrogen and oxygen atoms in total. The van der Waals surface area contributed by atoms with Gasteiger partial charge in [0.2, 0.25) is 21.8 Å². The smallest absolute Gasteiger partial charge is 0.408 e. The average Bonchev–Trinajstić information content (AvgIpc) is 4.01. The number of hydrogen-bond donors (Lipinski definition) is 3. The molecule has 4 amide bonds. The number of nitrogens with one attached hydrogen (secondary N) is 3. The van der Waals surface area contributed by atoms with Gasteiger partial charge in [0.15, 0.2) is 0 Å². The summed E-state index contributed by atoms with van der Waals surface area (Å²) in [5.41, 5.74) is 0.800. The molecular weight excluding hydrogens is 673 g/mol. The molecule has 0 spiro atoms. The van der Waals surface area contributed by atoms with Crippen LogP contribution in [0.5, 0.6) is 0 Å². The van der Waals surface area contributed by atoms with Crippen LogP contribution in [0.4, 0.5) is 4.79 Å². The predicted molar refractivity (Wildman–Crippen MR) is 190 cm³/mol. The predicted octanol–water partition coefficient (Wildman–Crippen LogP) is 4.20. The molecule has 1 aliphatic heterocycles. The number of rotatable bonds is 13. The number of alkyl carbamates (subject to hydrolysis) is 1. The number of amides is 4. The van der Waals surface area contributed by atoms with Gasteiger partial charge in [-0.05, 0) is 60.6 Å². The maximum atomic E-state index is 14.4. The molecule has 2 aromatic rings. The van der Waals surface area contributed by atoms with Gasteiger partial charge in [-0.2, -0.15) is 0 Å². The summed E-state index contributed by atoms with van der Waals surface area (Å²) in [5.74, 6) is -2.41. The summed E-state index contributed by atoms with van der Waals surface area (Å²) in [6, 6.07) is 15.9. The van der Waals surface area contributed by atoms with E-state index in [2.05, 4.69) is 21.9 Å². The van der Waals surface area contributed by atoms with Gasteiger partial charge in [0.05, 0.1) is 18.0 Å². The number of ether oxygens (including phenoxy) is 2. The van der Waals surface area contributed by atoms with Crippen molar-refractivity contribution in [3.8, 4) is 11.1 Å². The fourth-order valence-electron chi connectivity index (χ4n) is 6.67. The van der Waals surface area contributed by atoms with Crippen molar-refractivity contribution in [2.45, 2.75) is 107 Å². The number of carbonyl (C=O) groups is 4. The van der Waals surface area contributed by atoms with E-state index in [1.54, 1.807) is 0 Å². The Bertz CT molecular complexity index is 1750. The van der Waals surface area contributed by atoms with Crippen molar-refractivity contribution < 1.29 is 37.1 Å². The van der Waals surface area contributed by atoms with Gasteiger partial charge in [0, 0.05) is 18.9 Å². The van der Waals surface area contributed by atoms with E-state index in [4.69, 9.17) is 9.47 Å². The van der Waals surface area contributed by atoms with Crippen LogP contribution in [-0.4, -0.2) is 78.8 Å². The molecule has 51 heavy (non-hydrogen) atoms. The van der Waals surface area contributed by atoms with Crippen molar-refractivity contribution in [3.05, 3.63) is 72.8 Å². The van der Waals surface area contributed by atoms with Crippen LogP contribution in [0.2, 0.25) is 0 Å². The van der Waals surface area contributed by atoms with Gasteiger partial charge < -0.3 is 25.0 Å². The van der Waals surface area contributed by atoms with Gasteiger partial charge in [-0.1, -0.05) is 81.4 Å². The highest BCUT2D eigenvalue weighted by atomic mass is 32.2. The molecule has 6 rings (SSSR count).